The molecule has 0 bridgehead atoms. The molecule has 0 saturated carbocycles. The minimum Gasteiger partial charge on any atom is -0.377 e. The second kappa shape index (κ2) is 7.25. The van der Waals surface area contributed by atoms with Crippen molar-refractivity contribution >= 4 is 17.3 Å². The largest absolute Gasteiger partial charge is 0.377 e. The van der Waals surface area contributed by atoms with E-state index < -0.39 is 4.92 Å². The third-order valence-corrected chi connectivity index (χ3v) is 2.76. The van der Waals surface area contributed by atoms with Gasteiger partial charge in [-0.25, -0.2) is 0 Å². The van der Waals surface area contributed by atoms with Crippen molar-refractivity contribution in [3.8, 4) is 0 Å². The molecule has 0 saturated heterocycles. The van der Waals surface area contributed by atoms with E-state index in [1.54, 1.807) is 0 Å². The third kappa shape index (κ3) is 4.71. The molecule has 1 rings (SSSR count). The molecule has 0 N–H and O–H groups in total. The number of unbranched alkanes of at least 4 members (excludes halogenated alkanes) is 2. The monoisotopic (exact) mass is 257 g/mol. The van der Waals surface area contributed by atoms with Crippen LogP contribution in [-0.4, -0.2) is 11.5 Å². The van der Waals surface area contributed by atoms with Gasteiger partial charge in [0, 0.05) is 29.3 Å². The smallest absolute Gasteiger partial charge is 0.269 e. The zero-order valence-corrected chi connectivity index (χ0v) is 10.6. The van der Waals surface area contributed by atoms with Crippen LogP contribution in [0.2, 0.25) is 5.02 Å². The van der Waals surface area contributed by atoms with Crippen LogP contribution in [0.5, 0.6) is 0 Å². The van der Waals surface area contributed by atoms with E-state index in [0.29, 0.717) is 23.8 Å². The molecular formula is C12H16ClNO3. The summed E-state index contributed by atoms with van der Waals surface area (Å²) in [5.41, 5.74) is 0.707. The highest BCUT2D eigenvalue weighted by atomic mass is 35.5. The fraction of sp³-hybridized carbons (Fsp3) is 0.500. The maximum absolute atomic E-state index is 10.6. The molecule has 0 spiro atoms. The van der Waals surface area contributed by atoms with Gasteiger partial charge in [-0.3, -0.25) is 10.1 Å². The maximum Gasteiger partial charge on any atom is 0.269 e. The van der Waals surface area contributed by atoms with Crippen molar-refractivity contribution in [2.24, 2.45) is 0 Å². The van der Waals surface area contributed by atoms with Crippen molar-refractivity contribution in [3.05, 3.63) is 38.9 Å². The Bertz CT molecular complexity index is 382. The molecule has 0 aliphatic rings. The predicted molar refractivity (Wildman–Crippen MR) is 67.3 cm³/mol. The van der Waals surface area contributed by atoms with Crippen molar-refractivity contribution in [1.82, 2.24) is 0 Å². The fourth-order valence-corrected chi connectivity index (χ4v) is 1.59. The maximum atomic E-state index is 10.6. The zero-order chi connectivity index (χ0) is 12.7. The number of ether oxygens (including phenoxy) is 1. The molecule has 4 nitrogen and oxygen atoms in total. The molecule has 0 aromatic heterocycles. The van der Waals surface area contributed by atoms with E-state index in [1.807, 2.05) is 0 Å². The summed E-state index contributed by atoms with van der Waals surface area (Å²) >= 11 is 5.94. The molecule has 1 aromatic rings. The molecule has 17 heavy (non-hydrogen) atoms. The zero-order valence-electron chi connectivity index (χ0n) is 9.82. The molecular weight excluding hydrogens is 242 g/mol. The van der Waals surface area contributed by atoms with Crippen LogP contribution < -0.4 is 0 Å². The lowest BCUT2D eigenvalue weighted by atomic mass is 10.2. The standard InChI is InChI=1S/C12H16ClNO3/c1-2-3-4-7-17-9-10-8-11(14(15)16)5-6-12(10)13/h5-6,8H,2-4,7,9H2,1H3. The Morgan fingerprint density at radius 2 is 2.18 bits per heavy atom. The lowest BCUT2D eigenvalue weighted by molar-refractivity contribution is -0.384. The molecule has 0 fully saturated rings. The fourth-order valence-electron chi connectivity index (χ4n) is 1.42. The van der Waals surface area contributed by atoms with Gasteiger partial charge in [-0.1, -0.05) is 31.4 Å². The SMILES string of the molecule is CCCCCOCc1cc([N+](=O)[O-])ccc1Cl. The van der Waals surface area contributed by atoms with E-state index in [-0.39, 0.29) is 5.69 Å². The third-order valence-electron chi connectivity index (χ3n) is 2.39. The number of hydrogen-bond acceptors (Lipinski definition) is 3. The van der Waals surface area contributed by atoms with Gasteiger partial charge in [0.15, 0.2) is 0 Å². The first-order valence-electron chi connectivity index (χ1n) is 5.65. The van der Waals surface area contributed by atoms with Gasteiger partial charge >= 0.3 is 0 Å². The van der Waals surface area contributed by atoms with Crippen LogP contribution in [0.15, 0.2) is 18.2 Å². The van der Waals surface area contributed by atoms with Crippen molar-refractivity contribution in [3.63, 3.8) is 0 Å². The summed E-state index contributed by atoms with van der Waals surface area (Å²) in [6, 6.07) is 4.38. The number of non-ortho nitro benzene ring substituents is 1. The summed E-state index contributed by atoms with van der Waals surface area (Å²) in [7, 11) is 0. The van der Waals surface area contributed by atoms with Gasteiger partial charge in [0.2, 0.25) is 0 Å². The summed E-state index contributed by atoms with van der Waals surface area (Å²) in [6.07, 6.45) is 3.27. The highest BCUT2D eigenvalue weighted by Crippen LogP contribution is 2.22. The Balaban J connectivity index is 2.51. The van der Waals surface area contributed by atoms with Gasteiger partial charge < -0.3 is 4.74 Å². The van der Waals surface area contributed by atoms with Crippen LogP contribution in [0.4, 0.5) is 5.69 Å². The number of nitro benzene ring substituents is 1. The highest BCUT2D eigenvalue weighted by molar-refractivity contribution is 6.31. The van der Waals surface area contributed by atoms with Crippen LogP contribution in [0.25, 0.3) is 0 Å². The van der Waals surface area contributed by atoms with E-state index in [1.165, 1.54) is 18.2 Å². The Labute approximate surface area is 106 Å². The van der Waals surface area contributed by atoms with Gasteiger partial charge in [-0.2, -0.15) is 0 Å². The topological polar surface area (TPSA) is 52.4 Å². The molecule has 0 unspecified atom stereocenters. The van der Waals surface area contributed by atoms with Crippen LogP contribution in [0.3, 0.4) is 0 Å². The number of nitro groups is 1. The van der Waals surface area contributed by atoms with Crippen LogP contribution in [-0.2, 0) is 11.3 Å². The van der Waals surface area contributed by atoms with Gasteiger partial charge in [-0.15, -0.1) is 0 Å². The molecule has 1 aromatic carbocycles. The summed E-state index contributed by atoms with van der Waals surface area (Å²) < 4.78 is 5.43. The number of halogens is 1. The molecule has 0 aliphatic carbocycles. The van der Waals surface area contributed by atoms with Crippen LogP contribution >= 0.6 is 11.6 Å². The van der Waals surface area contributed by atoms with Gasteiger partial charge in [-0.05, 0) is 12.5 Å². The lowest BCUT2D eigenvalue weighted by Crippen LogP contribution is -1.97. The number of benzene rings is 1. The predicted octanol–water partition coefficient (Wildman–Crippen LogP) is 3.96. The average Bonchev–Trinajstić information content (AvgIpc) is 2.30. The number of nitrogens with zero attached hydrogens (tertiary/aromatic N) is 1. The first kappa shape index (κ1) is 13.9. The van der Waals surface area contributed by atoms with Crippen LogP contribution in [0.1, 0.15) is 31.7 Å². The Morgan fingerprint density at radius 1 is 1.41 bits per heavy atom. The van der Waals surface area contributed by atoms with Crippen molar-refractivity contribution in [2.75, 3.05) is 6.61 Å². The first-order valence-corrected chi connectivity index (χ1v) is 6.03. The van der Waals surface area contributed by atoms with Crippen molar-refractivity contribution in [2.45, 2.75) is 32.8 Å². The summed E-state index contributed by atoms with van der Waals surface area (Å²) in [5, 5.41) is 11.1. The molecule has 0 heterocycles. The number of hydrogen-bond donors (Lipinski definition) is 0. The van der Waals surface area contributed by atoms with Crippen molar-refractivity contribution in [1.29, 1.82) is 0 Å². The average molecular weight is 258 g/mol. The lowest BCUT2D eigenvalue weighted by Gasteiger charge is -2.05. The second-order valence-electron chi connectivity index (χ2n) is 3.79. The van der Waals surface area contributed by atoms with E-state index >= 15 is 0 Å². The number of rotatable bonds is 7. The van der Waals surface area contributed by atoms with E-state index in [2.05, 4.69) is 6.92 Å². The van der Waals surface area contributed by atoms with Gasteiger partial charge in [0.1, 0.15) is 0 Å². The summed E-state index contributed by atoms with van der Waals surface area (Å²) in [6.45, 7) is 3.11. The van der Waals surface area contributed by atoms with Gasteiger partial charge in [0.05, 0.1) is 11.5 Å². The Morgan fingerprint density at radius 3 is 2.82 bits per heavy atom. The van der Waals surface area contributed by atoms with E-state index in [9.17, 15) is 10.1 Å². The molecule has 0 radical (unpaired) electrons. The minimum absolute atomic E-state index is 0.0431. The molecule has 94 valence electrons. The Hall–Kier alpha value is -1.13. The summed E-state index contributed by atoms with van der Waals surface area (Å²) in [5.74, 6) is 0. The molecule has 5 heteroatoms. The first-order chi connectivity index (χ1) is 8.15. The highest BCUT2D eigenvalue weighted by Gasteiger charge is 2.09. The molecule has 0 amide bonds. The summed E-state index contributed by atoms with van der Waals surface area (Å²) in [4.78, 5) is 10.2. The normalized spacial score (nSPS) is 10.5. The quantitative estimate of drug-likeness (QED) is 0.422. The second-order valence-corrected chi connectivity index (χ2v) is 4.20. The van der Waals surface area contributed by atoms with Crippen molar-refractivity contribution < 1.29 is 9.66 Å². The van der Waals surface area contributed by atoms with Crippen LogP contribution in [0, 0.1) is 10.1 Å². The molecule has 0 aliphatic heterocycles. The molecule has 0 atom stereocenters. The van der Waals surface area contributed by atoms with E-state index in [4.69, 9.17) is 16.3 Å². The van der Waals surface area contributed by atoms with Gasteiger partial charge in [0.25, 0.3) is 5.69 Å². The Kier molecular flexibility index (Phi) is 5.94. The minimum atomic E-state index is -0.434. The van der Waals surface area contributed by atoms with E-state index in [0.717, 1.165) is 19.3 Å².